The number of amides is 2. The monoisotopic (exact) mass is 499 g/mol. The van der Waals surface area contributed by atoms with Gasteiger partial charge in [0.15, 0.2) is 0 Å². The number of anilines is 1. The van der Waals surface area contributed by atoms with E-state index in [4.69, 9.17) is 21.1 Å². The Balaban J connectivity index is 1.42. The molecule has 2 fully saturated rings. The molecule has 3 aromatic rings. The minimum atomic E-state index is -0.616. The number of fused-ring (bicyclic) bond motifs is 3. The predicted molar refractivity (Wildman–Crippen MR) is 135 cm³/mol. The Morgan fingerprint density at radius 1 is 1.26 bits per heavy atom. The zero-order chi connectivity index (χ0) is 24.7. The highest BCUT2D eigenvalue weighted by Crippen LogP contribution is 2.35. The first-order chi connectivity index (χ1) is 16.7. The lowest BCUT2D eigenvalue weighted by Gasteiger charge is -2.43. The average Bonchev–Trinajstić information content (AvgIpc) is 3.19. The first kappa shape index (κ1) is 24.0. The molecule has 9 nitrogen and oxygen atoms in total. The number of aromatic nitrogens is 2. The van der Waals surface area contributed by atoms with Crippen LogP contribution in [-0.4, -0.2) is 89.2 Å². The normalized spacial score (nSPS) is 20.9. The first-order valence-corrected chi connectivity index (χ1v) is 12.2. The van der Waals surface area contributed by atoms with Gasteiger partial charge in [-0.3, -0.25) is 19.5 Å². The smallest absolute Gasteiger partial charge is 0.244 e. The second-order valence-electron chi connectivity index (χ2n) is 9.85. The highest BCUT2D eigenvalue weighted by Gasteiger charge is 2.39. The molecule has 2 saturated heterocycles. The van der Waals surface area contributed by atoms with Gasteiger partial charge in [0, 0.05) is 41.6 Å². The van der Waals surface area contributed by atoms with Gasteiger partial charge >= 0.3 is 0 Å². The number of H-pyrrole nitrogens is 1. The number of aromatic amines is 1. The summed E-state index contributed by atoms with van der Waals surface area (Å²) in [5, 5.41) is 5.50. The van der Waals surface area contributed by atoms with Crippen LogP contribution in [0.1, 0.15) is 19.4 Å². The van der Waals surface area contributed by atoms with Crippen molar-refractivity contribution in [2.45, 2.75) is 32.4 Å². The van der Waals surface area contributed by atoms with Crippen LogP contribution in [-0.2, 0) is 19.1 Å². The Kier molecular flexibility index (Phi) is 6.43. The molecule has 0 saturated carbocycles. The average molecular weight is 500 g/mol. The van der Waals surface area contributed by atoms with Crippen LogP contribution in [0.3, 0.4) is 0 Å². The number of ether oxygens (including phenoxy) is 2. The highest BCUT2D eigenvalue weighted by molar-refractivity contribution is 6.33. The van der Waals surface area contributed by atoms with Gasteiger partial charge in [0.25, 0.3) is 0 Å². The van der Waals surface area contributed by atoms with E-state index in [1.54, 1.807) is 23.4 Å². The number of carbonyl (C=O) groups excluding carboxylic acids is 2. The highest BCUT2D eigenvalue weighted by atomic mass is 35.5. The molecule has 0 radical (unpaired) electrons. The van der Waals surface area contributed by atoms with Crippen LogP contribution < -0.4 is 5.32 Å². The molecule has 0 unspecified atom stereocenters. The molecule has 0 bridgehead atoms. The van der Waals surface area contributed by atoms with Gasteiger partial charge in [-0.25, -0.2) is 0 Å². The van der Waals surface area contributed by atoms with Gasteiger partial charge in [0.2, 0.25) is 11.8 Å². The zero-order valence-corrected chi connectivity index (χ0v) is 20.9. The van der Waals surface area contributed by atoms with Crippen molar-refractivity contribution in [1.29, 1.82) is 0 Å². The van der Waals surface area contributed by atoms with Crippen LogP contribution in [0.15, 0.2) is 24.5 Å². The van der Waals surface area contributed by atoms with E-state index in [9.17, 15) is 9.59 Å². The molecule has 2 aliphatic heterocycles. The van der Waals surface area contributed by atoms with E-state index in [0.29, 0.717) is 43.6 Å². The predicted octanol–water partition coefficient (Wildman–Crippen LogP) is 2.95. The van der Waals surface area contributed by atoms with Crippen molar-refractivity contribution in [1.82, 2.24) is 19.8 Å². The fourth-order valence-electron chi connectivity index (χ4n) is 4.95. The summed E-state index contributed by atoms with van der Waals surface area (Å²) in [7, 11) is 0. The summed E-state index contributed by atoms with van der Waals surface area (Å²) in [6.45, 7) is 8.93. The van der Waals surface area contributed by atoms with Crippen LogP contribution in [0.2, 0.25) is 5.02 Å². The molecule has 0 aliphatic carbocycles. The van der Waals surface area contributed by atoms with Gasteiger partial charge in [-0.05, 0) is 38.5 Å². The fraction of sp³-hybridized carbons (Fsp3) is 0.480. The molecular weight excluding hydrogens is 470 g/mol. The van der Waals surface area contributed by atoms with E-state index < -0.39 is 11.6 Å². The van der Waals surface area contributed by atoms with E-state index >= 15 is 0 Å². The molecule has 10 heteroatoms. The molecule has 1 atom stereocenters. The van der Waals surface area contributed by atoms with Crippen LogP contribution >= 0.6 is 11.6 Å². The maximum Gasteiger partial charge on any atom is 0.244 e. The molecule has 186 valence electrons. The van der Waals surface area contributed by atoms with Crippen molar-refractivity contribution in [2.24, 2.45) is 0 Å². The van der Waals surface area contributed by atoms with E-state index in [0.717, 1.165) is 27.4 Å². The number of carbonyl (C=O) groups is 2. The van der Waals surface area contributed by atoms with Crippen LogP contribution in [0, 0.1) is 6.92 Å². The molecular formula is C25H30ClN5O4. The van der Waals surface area contributed by atoms with Crippen LogP contribution in [0.25, 0.3) is 21.8 Å². The van der Waals surface area contributed by atoms with E-state index in [1.807, 2.05) is 31.7 Å². The van der Waals surface area contributed by atoms with E-state index in [1.165, 1.54) is 0 Å². The number of halogens is 1. The number of hydrogen-bond donors (Lipinski definition) is 2. The van der Waals surface area contributed by atoms with Crippen LogP contribution in [0.5, 0.6) is 0 Å². The van der Waals surface area contributed by atoms with Crippen LogP contribution in [0.4, 0.5) is 5.69 Å². The summed E-state index contributed by atoms with van der Waals surface area (Å²) >= 11 is 6.45. The molecule has 2 amide bonds. The molecule has 2 aromatic heterocycles. The lowest BCUT2D eigenvalue weighted by Crippen LogP contribution is -2.60. The summed E-state index contributed by atoms with van der Waals surface area (Å²) in [4.78, 5) is 37.9. The second kappa shape index (κ2) is 9.39. The first-order valence-electron chi connectivity index (χ1n) is 11.8. The number of rotatable bonds is 4. The van der Waals surface area contributed by atoms with Crippen molar-refractivity contribution < 1.29 is 19.1 Å². The summed E-state index contributed by atoms with van der Waals surface area (Å²) < 4.78 is 11.3. The second-order valence-corrected chi connectivity index (χ2v) is 10.3. The number of pyridine rings is 1. The van der Waals surface area contributed by atoms with Crippen molar-refractivity contribution in [3.63, 3.8) is 0 Å². The third kappa shape index (κ3) is 4.86. The molecule has 35 heavy (non-hydrogen) atoms. The quantitative estimate of drug-likeness (QED) is 0.572. The zero-order valence-electron chi connectivity index (χ0n) is 20.2. The summed E-state index contributed by atoms with van der Waals surface area (Å²) in [5.74, 6) is -0.250. The SMILES string of the molecule is Cc1cncc2[nH]c3c(NC(=O)[C@@H]4COC(C)(C)CN4CC(=O)N4CCOCC4)cc(Cl)cc3c12. The van der Waals surface area contributed by atoms with Gasteiger partial charge in [-0.1, -0.05) is 11.6 Å². The molecule has 0 spiro atoms. The number of morpholine rings is 2. The number of nitrogens with zero attached hydrogens (tertiary/aromatic N) is 3. The summed E-state index contributed by atoms with van der Waals surface area (Å²) in [5.41, 5.74) is 2.79. The molecule has 5 rings (SSSR count). The third-order valence-corrected chi connectivity index (χ3v) is 6.91. The number of nitrogens with one attached hydrogen (secondary N) is 2. The van der Waals surface area contributed by atoms with E-state index in [-0.39, 0.29) is 25.0 Å². The Labute approximate surface area is 208 Å². The summed E-state index contributed by atoms with van der Waals surface area (Å²) in [6, 6.07) is 3.00. The summed E-state index contributed by atoms with van der Waals surface area (Å²) in [6.07, 6.45) is 3.57. The maximum absolute atomic E-state index is 13.5. The van der Waals surface area contributed by atoms with Crippen molar-refractivity contribution >= 4 is 50.9 Å². The number of aryl methyl sites for hydroxylation is 1. The Morgan fingerprint density at radius 3 is 2.80 bits per heavy atom. The maximum atomic E-state index is 13.5. The molecule has 2 N–H and O–H groups in total. The van der Waals surface area contributed by atoms with Gasteiger partial charge in [0.05, 0.1) is 54.9 Å². The Morgan fingerprint density at radius 2 is 2.03 bits per heavy atom. The Hall–Kier alpha value is -2.72. The minimum absolute atomic E-state index is 0.00691. The third-order valence-electron chi connectivity index (χ3n) is 6.69. The fourth-order valence-corrected chi connectivity index (χ4v) is 5.17. The van der Waals surface area contributed by atoms with Gasteiger partial charge in [-0.2, -0.15) is 0 Å². The van der Waals surface area contributed by atoms with Gasteiger partial charge < -0.3 is 24.7 Å². The molecule has 1 aromatic carbocycles. The van der Waals surface area contributed by atoms with Crippen molar-refractivity contribution in [2.75, 3.05) is 51.3 Å². The standard InChI is InChI=1S/C25H30ClN5O4/c1-15-10-27-11-19-22(15)17-8-16(26)9-18(23(17)28-19)29-24(33)20-13-35-25(2,3)14-31(20)12-21(32)30-4-6-34-7-5-30/h8-11,20,28H,4-7,12-14H2,1-3H3,(H,29,33)/t20-/m0/s1. The Bertz CT molecular complexity index is 1280. The van der Waals surface area contributed by atoms with E-state index in [2.05, 4.69) is 15.3 Å². The van der Waals surface area contributed by atoms with Crippen molar-refractivity contribution in [3.8, 4) is 0 Å². The molecule has 4 heterocycles. The van der Waals surface area contributed by atoms with Gasteiger partial charge in [-0.15, -0.1) is 0 Å². The number of benzene rings is 1. The van der Waals surface area contributed by atoms with Crippen molar-refractivity contribution in [3.05, 3.63) is 35.1 Å². The largest absolute Gasteiger partial charge is 0.378 e. The topological polar surface area (TPSA) is 99.8 Å². The number of hydrogen-bond acceptors (Lipinski definition) is 6. The lowest BCUT2D eigenvalue weighted by atomic mass is 10.0. The lowest BCUT2D eigenvalue weighted by molar-refractivity contribution is -0.152. The van der Waals surface area contributed by atoms with Gasteiger partial charge in [0.1, 0.15) is 6.04 Å². The molecule has 2 aliphatic rings. The minimum Gasteiger partial charge on any atom is -0.378 e.